The Kier molecular flexibility index (Phi) is 5.46. The quantitative estimate of drug-likeness (QED) is 0.670. The average molecular weight is 409 g/mol. The van der Waals surface area contributed by atoms with Crippen LogP contribution in [0, 0.1) is 28.6 Å². The molecule has 3 nitrogen and oxygen atoms in total. The lowest BCUT2D eigenvalue weighted by Gasteiger charge is -2.47. The number of carbonyl (C=O) groups excluding carboxylic acids is 1. The average Bonchev–Trinajstić information content (AvgIpc) is 3.28. The van der Waals surface area contributed by atoms with Gasteiger partial charge in [-0.2, -0.15) is 0 Å². The Morgan fingerprint density at radius 1 is 1.00 bits per heavy atom. The fourth-order valence-electron chi connectivity index (χ4n) is 7.82. The topological polar surface area (TPSA) is 23.6 Å². The third kappa shape index (κ3) is 4.33. The minimum absolute atomic E-state index is 0.246. The summed E-state index contributed by atoms with van der Waals surface area (Å²) in [4.78, 5) is 18.2. The Labute approximate surface area is 183 Å². The number of carbonyl (C=O) groups is 1. The zero-order valence-electron chi connectivity index (χ0n) is 19.1. The van der Waals surface area contributed by atoms with Crippen molar-refractivity contribution in [2.75, 3.05) is 26.2 Å². The molecule has 4 fully saturated rings. The molecule has 2 aliphatic heterocycles. The van der Waals surface area contributed by atoms with Crippen LogP contribution in [0.5, 0.6) is 0 Å². The van der Waals surface area contributed by atoms with E-state index in [1.54, 1.807) is 0 Å². The molecule has 3 atom stereocenters. The molecular weight excluding hydrogens is 368 g/mol. The van der Waals surface area contributed by atoms with Gasteiger partial charge in [0.2, 0.25) is 5.91 Å². The van der Waals surface area contributed by atoms with E-state index in [9.17, 15) is 4.79 Å². The second-order valence-electron chi connectivity index (χ2n) is 12.0. The minimum Gasteiger partial charge on any atom is -0.342 e. The Bertz CT molecular complexity index is 743. The third-order valence-electron chi connectivity index (χ3n) is 8.84. The molecule has 5 rings (SSSR count). The molecule has 1 aromatic carbocycles. The second kappa shape index (κ2) is 7.97. The lowest BCUT2D eigenvalue weighted by atomic mass is 9.58. The molecule has 4 aliphatic rings. The molecule has 30 heavy (non-hydrogen) atoms. The Balaban J connectivity index is 1.16. The van der Waals surface area contributed by atoms with Gasteiger partial charge in [0.15, 0.2) is 0 Å². The summed E-state index contributed by atoms with van der Waals surface area (Å²) in [5, 5.41) is 0. The summed E-state index contributed by atoms with van der Waals surface area (Å²) in [6.45, 7) is 10.2. The Morgan fingerprint density at radius 2 is 1.70 bits per heavy atom. The lowest BCUT2D eigenvalue weighted by molar-refractivity contribution is -0.134. The number of hydrogen-bond donors (Lipinski definition) is 0. The Morgan fingerprint density at radius 3 is 2.43 bits per heavy atom. The van der Waals surface area contributed by atoms with E-state index in [-0.39, 0.29) is 5.41 Å². The van der Waals surface area contributed by atoms with Crippen molar-refractivity contribution < 1.29 is 4.79 Å². The number of fused-ring (bicyclic) bond motifs is 2. The minimum atomic E-state index is 0.246. The van der Waals surface area contributed by atoms with Crippen LogP contribution in [0.3, 0.4) is 0 Å². The first-order valence-corrected chi connectivity index (χ1v) is 12.4. The van der Waals surface area contributed by atoms with Gasteiger partial charge in [0.1, 0.15) is 0 Å². The zero-order valence-corrected chi connectivity index (χ0v) is 19.1. The van der Waals surface area contributed by atoms with Gasteiger partial charge in [0.05, 0.1) is 0 Å². The summed E-state index contributed by atoms with van der Waals surface area (Å²) in [6, 6.07) is 10.8. The van der Waals surface area contributed by atoms with Gasteiger partial charge in [-0.15, -0.1) is 0 Å². The summed E-state index contributed by atoms with van der Waals surface area (Å²) >= 11 is 0. The standard InChI is InChI=1S/C27H40N2O/c1-21-12-23-14-24(13-21)16-26(2,15-23)17-25(30)29-11-9-27(20-29)8-10-28(19-27)18-22-6-4-3-5-7-22/h3-7,21,23-24H,8-20H2,1-2H3. The Hall–Kier alpha value is -1.35. The van der Waals surface area contributed by atoms with Crippen LogP contribution in [0.2, 0.25) is 0 Å². The molecule has 3 unspecified atom stereocenters. The molecule has 0 N–H and O–H groups in total. The van der Waals surface area contributed by atoms with Crippen LogP contribution in [0.15, 0.2) is 30.3 Å². The van der Waals surface area contributed by atoms with Gasteiger partial charge in [0, 0.05) is 38.0 Å². The predicted molar refractivity (Wildman–Crippen MR) is 122 cm³/mol. The summed E-state index contributed by atoms with van der Waals surface area (Å²) in [7, 11) is 0. The largest absolute Gasteiger partial charge is 0.342 e. The normalized spacial score (nSPS) is 39.0. The zero-order chi connectivity index (χ0) is 20.8. The molecule has 0 aromatic heterocycles. The van der Waals surface area contributed by atoms with Crippen LogP contribution in [0.4, 0.5) is 0 Å². The van der Waals surface area contributed by atoms with E-state index in [0.717, 1.165) is 50.4 Å². The molecule has 2 bridgehead atoms. The third-order valence-corrected chi connectivity index (χ3v) is 8.84. The van der Waals surface area contributed by atoms with Crippen molar-refractivity contribution >= 4 is 5.91 Å². The highest BCUT2D eigenvalue weighted by molar-refractivity contribution is 5.77. The lowest BCUT2D eigenvalue weighted by Crippen LogP contribution is -2.41. The number of hydrogen-bond acceptors (Lipinski definition) is 2. The monoisotopic (exact) mass is 408 g/mol. The van der Waals surface area contributed by atoms with Crippen LogP contribution in [0.1, 0.15) is 70.8 Å². The number of rotatable bonds is 4. The first-order chi connectivity index (χ1) is 14.4. The number of benzene rings is 1. The van der Waals surface area contributed by atoms with Crippen molar-refractivity contribution in [2.24, 2.45) is 28.6 Å². The molecule has 0 radical (unpaired) electrons. The maximum atomic E-state index is 13.3. The van der Waals surface area contributed by atoms with Gasteiger partial charge in [-0.3, -0.25) is 9.69 Å². The predicted octanol–water partition coefficient (Wildman–Crippen LogP) is 5.35. The van der Waals surface area contributed by atoms with Crippen molar-refractivity contribution in [3.63, 3.8) is 0 Å². The number of nitrogens with zero attached hydrogens (tertiary/aromatic N) is 2. The molecule has 2 heterocycles. The first kappa shape index (κ1) is 20.5. The number of likely N-dealkylation sites (tertiary alicyclic amines) is 2. The number of amides is 1. The van der Waals surface area contributed by atoms with E-state index in [0.29, 0.717) is 11.3 Å². The highest BCUT2D eigenvalue weighted by Crippen LogP contribution is 2.52. The van der Waals surface area contributed by atoms with Crippen LogP contribution < -0.4 is 0 Å². The van der Waals surface area contributed by atoms with Crippen LogP contribution in [-0.2, 0) is 11.3 Å². The smallest absolute Gasteiger partial charge is 0.223 e. The highest BCUT2D eigenvalue weighted by Gasteiger charge is 2.47. The summed E-state index contributed by atoms with van der Waals surface area (Å²) in [5.74, 6) is 3.09. The van der Waals surface area contributed by atoms with Crippen molar-refractivity contribution in [1.29, 1.82) is 0 Å². The molecule has 1 aromatic rings. The fourth-order valence-corrected chi connectivity index (χ4v) is 7.82. The fraction of sp³-hybridized carbons (Fsp3) is 0.741. The molecule has 2 saturated heterocycles. The van der Waals surface area contributed by atoms with Crippen molar-refractivity contribution in [1.82, 2.24) is 9.80 Å². The first-order valence-electron chi connectivity index (χ1n) is 12.4. The summed E-state index contributed by atoms with van der Waals surface area (Å²) in [5.41, 5.74) is 2.00. The van der Waals surface area contributed by atoms with Crippen molar-refractivity contribution in [3.05, 3.63) is 35.9 Å². The van der Waals surface area contributed by atoms with E-state index in [2.05, 4.69) is 54.0 Å². The van der Waals surface area contributed by atoms with Crippen LogP contribution in [0.25, 0.3) is 0 Å². The van der Waals surface area contributed by atoms with Gasteiger partial charge in [-0.1, -0.05) is 44.2 Å². The van der Waals surface area contributed by atoms with E-state index in [1.165, 1.54) is 57.1 Å². The maximum Gasteiger partial charge on any atom is 0.223 e. The van der Waals surface area contributed by atoms with Crippen molar-refractivity contribution in [2.45, 2.75) is 71.8 Å². The summed E-state index contributed by atoms with van der Waals surface area (Å²) < 4.78 is 0. The molecule has 1 spiro atoms. The van der Waals surface area contributed by atoms with Gasteiger partial charge in [-0.05, 0) is 80.2 Å². The second-order valence-corrected chi connectivity index (χ2v) is 12.0. The highest BCUT2D eigenvalue weighted by atomic mass is 16.2. The van der Waals surface area contributed by atoms with Crippen molar-refractivity contribution in [3.8, 4) is 0 Å². The molecule has 2 aliphatic carbocycles. The van der Waals surface area contributed by atoms with Gasteiger partial charge < -0.3 is 4.90 Å². The molecule has 164 valence electrons. The van der Waals surface area contributed by atoms with Crippen LogP contribution >= 0.6 is 0 Å². The van der Waals surface area contributed by atoms with E-state index >= 15 is 0 Å². The molecule has 1 amide bonds. The van der Waals surface area contributed by atoms with E-state index < -0.39 is 0 Å². The molecular formula is C27H40N2O. The SMILES string of the molecule is CC1CC2CC(C1)CC(C)(CC(=O)N1CCC3(CCN(Cc4ccccc4)C3)C1)C2. The van der Waals surface area contributed by atoms with Gasteiger partial charge in [-0.25, -0.2) is 0 Å². The molecule has 2 saturated carbocycles. The maximum absolute atomic E-state index is 13.3. The summed E-state index contributed by atoms with van der Waals surface area (Å²) in [6.07, 6.45) is 10.0. The van der Waals surface area contributed by atoms with Crippen LogP contribution in [-0.4, -0.2) is 41.9 Å². The van der Waals surface area contributed by atoms with E-state index in [4.69, 9.17) is 0 Å². The van der Waals surface area contributed by atoms with Gasteiger partial charge in [0.25, 0.3) is 0 Å². The van der Waals surface area contributed by atoms with Gasteiger partial charge >= 0.3 is 0 Å². The molecule has 3 heteroatoms. The van der Waals surface area contributed by atoms with E-state index in [1.807, 2.05) is 0 Å².